The van der Waals surface area contributed by atoms with Crippen molar-refractivity contribution in [2.24, 2.45) is 4.99 Å². The third-order valence-electron chi connectivity index (χ3n) is 3.15. The minimum Gasteiger partial charge on any atom is -0.508 e. The van der Waals surface area contributed by atoms with Crippen LogP contribution in [0.2, 0.25) is 0 Å². The number of ether oxygens (including phenoxy) is 3. The number of phenolic OH excluding ortho intramolecular Hbond substituents is 1. The third-order valence-corrected chi connectivity index (χ3v) is 3.15. The van der Waals surface area contributed by atoms with Crippen LogP contribution in [0.3, 0.4) is 0 Å². The number of aromatic hydroxyl groups is 1. The van der Waals surface area contributed by atoms with Crippen molar-refractivity contribution in [3.63, 3.8) is 0 Å². The summed E-state index contributed by atoms with van der Waals surface area (Å²) in [5.74, 6) is 1.60. The molecule has 1 aromatic carbocycles. The van der Waals surface area contributed by atoms with Gasteiger partial charge in [-0.2, -0.15) is 0 Å². The molecule has 0 unspecified atom stereocenters. The Balaban J connectivity index is 0.00000529. The van der Waals surface area contributed by atoms with Gasteiger partial charge in [0.1, 0.15) is 11.5 Å². The number of rotatable bonds is 10. The van der Waals surface area contributed by atoms with Crippen LogP contribution in [0.25, 0.3) is 0 Å². The molecular weight excluding hydrogens is 425 g/mol. The Kier molecular flexibility index (Phi) is 13.4. The molecule has 0 amide bonds. The second kappa shape index (κ2) is 14.1. The van der Waals surface area contributed by atoms with Crippen molar-refractivity contribution in [1.82, 2.24) is 10.6 Å². The number of nitrogens with zero attached hydrogens (tertiary/aromatic N) is 1. The van der Waals surface area contributed by atoms with Gasteiger partial charge in [-0.25, -0.2) is 0 Å². The van der Waals surface area contributed by atoms with Crippen molar-refractivity contribution in [3.05, 3.63) is 23.8 Å². The number of nitrogens with one attached hydrogen (secondary N) is 2. The van der Waals surface area contributed by atoms with E-state index < -0.39 is 0 Å². The maximum atomic E-state index is 9.85. The van der Waals surface area contributed by atoms with Gasteiger partial charge in [0, 0.05) is 39.4 Å². The van der Waals surface area contributed by atoms with Crippen LogP contribution in [0.5, 0.6) is 11.5 Å². The zero-order valence-corrected chi connectivity index (χ0v) is 16.8. The van der Waals surface area contributed by atoms with Gasteiger partial charge in [-0.05, 0) is 24.6 Å². The molecule has 0 atom stereocenters. The lowest BCUT2D eigenvalue weighted by atomic mass is 10.2. The lowest BCUT2D eigenvalue weighted by molar-refractivity contribution is 0.0698. The van der Waals surface area contributed by atoms with Crippen molar-refractivity contribution < 1.29 is 19.3 Å². The average molecular weight is 453 g/mol. The molecule has 0 bridgehead atoms. The van der Waals surface area contributed by atoms with Crippen LogP contribution in [0.4, 0.5) is 0 Å². The van der Waals surface area contributed by atoms with Crippen LogP contribution in [-0.4, -0.2) is 58.7 Å². The predicted molar refractivity (Wildman–Crippen MR) is 106 cm³/mol. The number of aliphatic imine (C=N–C) groups is 1. The average Bonchev–Trinajstić information content (AvgIpc) is 2.58. The van der Waals surface area contributed by atoms with Gasteiger partial charge in [0.05, 0.1) is 20.3 Å². The van der Waals surface area contributed by atoms with Crippen molar-refractivity contribution in [1.29, 1.82) is 0 Å². The molecule has 3 N–H and O–H groups in total. The van der Waals surface area contributed by atoms with E-state index >= 15 is 0 Å². The van der Waals surface area contributed by atoms with Crippen LogP contribution in [-0.2, 0) is 16.0 Å². The van der Waals surface area contributed by atoms with Crippen LogP contribution < -0.4 is 15.4 Å². The number of phenols is 1. The molecule has 0 radical (unpaired) electrons. The van der Waals surface area contributed by atoms with E-state index in [2.05, 4.69) is 15.6 Å². The Labute approximate surface area is 160 Å². The smallest absolute Gasteiger partial charge is 0.191 e. The summed E-state index contributed by atoms with van der Waals surface area (Å²) in [4.78, 5) is 4.14. The van der Waals surface area contributed by atoms with Crippen LogP contribution in [0.15, 0.2) is 23.2 Å². The molecule has 0 aliphatic heterocycles. The number of hydrogen-bond donors (Lipinski definition) is 3. The highest BCUT2D eigenvalue weighted by Crippen LogP contribution is 2.22. The topological polar surface area (TPSA) is 84.3 Å². The minimum atomic E-state index is 0. The normalized spacial score (nSPS) is 10.9. The molecule has 0 fully saturated rings. The summed E-state index contributed by atoms with van der Waals surface area (Å²) in [5, 5.41) is 16.2. The van der Waals surface area contributed by atoms with Gasteiger partial charge in [0.25, 0.3) is 0 Å². The van der Waals surface area contributed by atoms with Gasteiger partial charge in [-0.15, -0.1) is 24.0 Å². The van der Waals surface area contributed by atoms with E-state index in [0.717, 1.165) is 18.5 Å². The van der Waals surface area contributed by atoms with Crippen molar-refractivity contribution in [2.45, 2.75) is 13.0 Å². The first kappa shape index (κ1) is 22.7. The summed E-state index contributed by atoms with van der Waals surface area (Å²) in [6, 6.07) is 5.12. The van der Waals surface area contributed by atoms with E-state index in [-0.39, 0.29) is 29.7 Å². The molecule has 0 saturated heterocycles. The highest BCUT2D eigenvalue weighted by atomic mass is 127. The van der Waals surface area contributed by atoms with Gasteiger partial charge < -0.3 is 30.0 Å². The minimum absolute atomic E-state index is 0. The zero-order chi connectivity index (χ0) is 16.9. The number of guanidine groups is 1. The first-order chi connectivity index (χ1) is 11.2. The molecule has 1 rings (SSSR count). The van der Waals surface area contributed by atoms with Crippen LogP contribution in [0.1, 0.15) is 12.0 Å². The fraction of sp³-hybridized carbons (Fsp3) is 0.562. The molecular formula is C16H28IN3O4. The molecule has 0 heterocycles. The molecule has 0 spiro atoms. The predicted octanol–water partition coefficient (Wildman–Crippen LogP) is 1.74. The molecule has 0 saturated carbocycles. The lowest BCUT2D eigenvalue weighted by Crippen LogP contribution is -2.37. The molecule has 8 heteroatoms. The summed E-state index contributed by atoms with van der Waals surface area (Å²) in [5.41, 5.74) is 0.746. The van der Waals surface area contributed by atoms with Gasteiger partial charge in [0.15, 0.2) is 5.96 Å². The first-order valence-electron chi connectivity index (χ1n) is 7.58. The largest absolute Gasteiger partial charge is 0.508 e. The quantitative estimate of drug-likeness (QED) is 0.217. The monoisotopic (exact) mass is 453 g/mol. The van der Waals surface area contributed by atoms with Crippen molar-refractivity contribution >= 4 is 29.9 Å². The fourth-order valence-corrected chi connectivity index (χ4v) is 1.86. The van der Waals surface area contributed by atoms with Gasteiger partial charge >= 0.3 is 0 Å². The molecule has 0 aliphatic carbocycles. The van der Waals surface area contributed by atoms with E-state index in [4.69, 9.17) is 14.2 Å². The van der Waals surface area contributed by atoms with E-state index in [0.29, 0.717) is 38.1 Å². The molecule has 24 heavy (non-hydrogen) atoms. The Morgan fingerprint density at radius 2 is 1.96 bits per heavy atom. The Morgan fingerprint density at radius 3 is 2.62 bits per heavy atom. The number of methoxy groups -OCH3 is 2. The van der Waals surface area contributed by atoms with Gasteiger partial charge in [-0.1, -0.05) is 0 Å². The maximum Gasteiger partial charge on any atom is 0.191 e. The summed E-state index contributed by atoms with van der Waals surface area (Å²) in [6.45, 7) is 3.09. The highest BCUT2D eigenvalue weighted by molar-refractivity contribution is 14.0. The van der Waals surface area contributed by atoms with Crippen LogP contribution in [0, 0.1) is 0 Å². The number of benzene rings is 1. The molecule has 1 aromatic rings. The Hall–Kier alpha value is -1.26. The van der Waals surface area contributed by atoms with Crippen molar-refractivity contribution in [3.8, 4) is 11.5 Å². The fourth-order valence-electron chi connectivity index (χ4n) is 1.86. The summed E-state index contributed by atoms with van der Waals surface area (Å²) in [7, 11) is 4.95. The molecule has 138 valence electrons. The highest BCUT2D eigenvalue weighted by Gasteiger charge is 2.04. The lowest BCUT2D eigenvalue weighted by Gasteiger charge is -2.13. The summed E-state index contributed by atoms with van der Waals surface area (Å²) in [6.07, 6.45) is 0.870. The molecule has 0 aliphatic rings. The number of halogens is 1. The maximum absolute atomic E-state index is 9.85. The Morgan fingerprint density at radius 1 is 1.17 bits per heavy atom. The molecule has 7 nitrogen and oxygen atoms in total. The van der Waals surface area contributed by atoms with E-state index in [9.17, 15) is 5.11 Å². The first-order valence-corrected chi connectivity index (χ1v) is 7.58. The van der Waals surface area contributed by atoms with E-state index in [1.807, 2.05) is 0 Å². The van der Waals surface area contributed by atoms with Crippen LogP contribution >= 0.6 is 24.0 Å². The summed E-state index contributed by atoms with van der Waals surface area (Å²) < 4.78 is 15.4. The van der Waals surface area contributed by atoms with E-state index in [1.54, 1.807) is 39.5 Å². The second-order valence-corrected chi connectivity index (χ2v) is 4.81. The third kappa shape index (κ3) is 9.14. The van der Waals surface area contributed by atoms with Gasteiger partial charge in [0.2, 0.25) is 0 Å². The van der Waals surface area contributed by atoms with Crippen molar-refractivity contribution in [2.75, 3.05) is 47.6 Å². The standard InChI is InChI=1S/C16H27N3O4.HI/c1-17-16(18-7-4-8-23-10-9-21-2)19-12-13-11-14(22-3)5-6-15(13)20;/h5-6,11,20H,4,7-10,12H2,1-3H3,(H2,17,18,19);1H. The van der Waals surface area contributed by atoms with Gasteiger partial charge in [-0.3, -0.25) is 4.99 Å². The number of hydrogen-bond acceptors (Lipinski definition) is 5. The Bertz CT molecular complexity index is 486. The SMILES string of the molecule is CN=C(NCCCOCCOC)NCc1cc(OC)ccc1O.I. The second-order valence-electron chi connectivity index (χ2n) is 4.81. The summed E-state index contributed by atoms with van der Waals surface area (Å²) >= 11 is 0. The zero-order valence-electron chi connectivity index (χ0n) is 14.5. The molecule has 0 aromatic heterocycles. The van der Waals surface area contributed by atoms with E-state index in [1.165, 1.54) is 0 Å².